The molecule has 1 aliphatic rings. The molecule has 1 aromatic heterocycles. The van der Waals surface area contributed by atoms with Crippen molar-refractivity contribution in [2.45, 2.75) is 32.6 Å². The van der Waals surface area contributed by atoms with E-state index in [1.165, 1.54) is 16.7 Å². The van der Waals surface area contributed by atoms with Gasteiger partial charge in [0.25, 0.3) is 11.8 Å². The third-order valence-electron chi connectivity index (χ3n) is 4.79. The van der Waals surface area contributed by atoms with Crippen LogP contribution < -0.4 is 9.64 Å². The minimum atomic E-state index is -0.326. The Hall–Kier alpha value is -3.25. The Morgan fingerprint density at radius 2 is 1.68 bits per heavy atom. The van der Waals surface area contributed by atoms with Crippen molar-refractivity contribution in [3.63, 3.8) is 0 Å². The van der Waals surface area contributed by atoms with Crippen LogP contribution in [0.2, 0.25) is 0 Å². The number of imide groups is 1. The Morgan fingerprint density at radius 1 is 0.968 bits per heavy atom. The Balaban J connectivity index is 1.71. The second kappa shape index (κ2) is 8.86. The second-order valence-electron chi connectivity index (χ2n) is 7.54. The van der Waals surface area contributed by atoms with Gasteiger partial charge in [0.15, 0.2) is 0 Å². The minimum Gasteiger partial charge on any atom is -0.491 e. The molecule has 0 spiro atoms. The van der Waals surface area contributed by atoms with E-state index in [0.717, 1.165) is 17.1 Å². The van der Waals surface area contributed by atoms with Crippen LogP contribution in [-0.2, 0) is 15.3 Å². The summed E-state index contributed by atoms with van der Waals surface area (Å²) in [5.41, 5.74) is 2.71. The van der Waals surface area contributed by atoms with Crippen molar-refractivity contribution in [1.29, 1.82) is 0 Å². The maximum Gasteiger partial charge on any atom is 0.272 e. The van der Waals surface area contributed by atoms with Crippen LogP contribution in [-0.4, -0.2) is 17.9 Å². The van der Waals surface area contributed by atoms with E-state index in [1.807, 2.05) is 63.2 Å². The van der Waals surface area contributed by atoms with E-state index in [4.69, 9.17) is 9.15 Å². The van der Waals surface area contributed by atoms with Crippen molar-refractivity contribution in [2.75, 3.05) is 4.90 Å². The molecule has 0 bridgehead atoms. The first kappa shape index (κ1) is 21.0. The summed E-state index contributed by atoms with van der Waals surface area (Å²) in [6, 6.07) is 18.3. The van der Waals surface area contributed by atoms with Crippen LogP contribution in [0.5, 0.6) is 5.75 Å². The normalized spacial score (nSPS) is 14.1. The summed E-state index contributed by atoms with van der Waals surface area (Å²) in [4.78, 5) is 28.4. The molecule has 2 heterocycles. The summed E-state index contributed by atoms with van der Waals surface area (Å²) in [7, 11) is 0. The van der Waals surface area contributed by atoms with Gasteiger partial charge in [-0.15, -0.1) is 11.8 Å². The minimum absolute atomic E-state index is 0.0520. The van der Waals surface area contributed by atoms with Crippen LogP contribution >= 0.6 is 11.8 Å². The fourth-order valence-corrected chi connectivity index (χ4v) is 4.35. The van der Waals surface area contributed by atoms with Crippen LogP contribution in [0.1, 0.15) is 30.7 Å². The zero-order valence-electron chi connectivity index (χ0n) is 17.6. The number of rotatable bonds is 7. The van der Waals surface area contributed by atoms with Gasteiger partial charge in [-0.25, -0.2) is 4.90 Å². The molecule has 2 amide bonds. The second-order valence-corrected chi connectivity index (χ2v) is 8.53. The molecule has 31 heavy (non-hydrogen) atoms. The molecule has 0 saturated heterocycles. The molecule has 158 valence electrons. The highest BCUT2D eigenvalue weighted by Gasteiger charge is 2.40. The molecule has 4 rings (SSSR count). The summed E-state index contributed by atoms with van der Waals surface area (Å²) in [5, 5.41) is 0. The van der Waals surface area contributed by atoms with E-state index in [0.29, 0.717) is 27.5 Å². The van der Waals surface area contributed by atoms with Gasteiger partial charge in [-0.05, 0) is 62.7 Å². The lowest BCUT2D eigenvalue weighted by atomic mass is 10.1. The first-order valence-corrected chi connectivity index (χ1v) is 11.0. The quantitative estimate of drug-likeness (QED) is 0.454. The van der Waals surface area contributed by atoms with Gasteiger partial charge < -0.3 is 9.15 Å². The molecule has 1 aliphatic heterocycles. The van der Waals surface area contributed by atoms with Gasteiger partial charge in [0.1, 0.15) is 11.5 Å². The summed E-state index contributed by atoms with van der Waals surface area (Å²) in [6.07, 6.45) is 1.65. The van der Waals surface area contributed by atoms with Crippen molar-refractivity contribution in [1.82, 2.24) is 0 Å². The number of benzene rings is 2. The number of hydrogen-bond acceptors (Lipinski definition) is 5. The number of anilines is 1. The van der Waals surface area contributed by atoms with E-state index in [2.05, 4.69) is 0 Å². The fourth-order valence-electron chi connectivity index (χ4n) is 3.34. The third-order valence-corrected chi connectivity index (χ3v) is 5.88. The average Bonchev–Trinajstić information content (AvgIpc) is 3.34. The van der Waals surface area contributed by atoms with Crippen molar-refractivity contribution >= 4 is 34.8 Å². The van der Waals surface area contributed by atoms with Gasteiger partial charge in [-0.2, -0.15) is 0 Å². The van der Waals surface area contributed by atoms with E-state index < -0.39 is 0 Å². The number of aryl methyl sites for hydroxylation is 1. The molecular formula is C25H23NO4S. The summed E-state index contributed by atoms with van der Waals surface area (Å²) < 4.78 is 11.1. The lowest BCUT2D eigenvalue weighted by Crippen LogP contribution is -2.31. The molecule has 0 fully saturated rings. The number of thioether (sulfide) groups is 1. The van der Waals surface area contributed by atoms with Gasteiger partial charge in [0, 0.05) is 0 Å². The van der Waals surface area contributed by atoms with E-state index in [1.54, 1.807) is 24.5 Å². The van der Waals surface area contributed by atoms with Gasteiger partial charge >= 0.3 is 0 Å². The Labute approximate surface area is 185 Å². The van der Waals surface area contributed by atoms with Gasteiger partial charge in [0.2, 0.25) is 0 Å². The largest absolute Gasteiger partial charge is 0.491 e. The van der Waals surface area contributed by atoms with E-state index in [-0.39, 0.29) is 17.9 Å². The van der Waals surface area contributed by atoms with E-state index in [9.17, 15) is 9.59 Å². The van der Waals surface area contributed by atoms with Gasteiger partial charge in [-0.3, -0.25) is 9.59 Å². The molecule has 0 unspecified atom stereocenters. The number of hydrogen-bond donors (Lipinski definition) is 0. The first-order valence-electron chi connectivity index (χ1n) is 10.1. The van der Waals surface area contributed by atoms with Crippen LogP contribution in [0.15, 0.2) is 76.2 Å². The third kappa shape index (κ3) is 4.44. The summed E-state index contributed by atoms with van der Waals surface area (Å²) in [6.45, 7) is 5.88. The monoisotopic (exact) mass is 433 g/mol. The predicted octanol–water partition coefficient (Wildman–Crippen LogP) is 5.59. The highest BCUT2D eigenvalue weighted by atomic mass is 32.2. The lowest BCUT2D eigenvalue weighted by Gasteiger charge is -2.15. The zero-order valence-corrected chi connectivity index (χ0v) is 18.4. The molecule has 2 aromatic carbocycles. The van der Waals surface area contributed by atoms with Crippen LogP contribution in [0.4, 0.5) is 5.69 Å². The Kier molecular flexibility index (Phi) is 6.00. The molecular weight excluding hydrogens is 410 g/mol. The molecule has 3 aromatic rings. The first-order chi connectivity index (χ1) is 14.9. The van der Waals surface area contributed by atoms with Crippen LogP contribution in [0.3, 0.4) is 0 Å². The molecule has 0 aliphatic carbocycles. The number of carbonyl (C=O) groups is 2. The van der Waals surface area contributed by atoms with Crippen molar-refractivity contribution in [2.24, 2.45) is 0 Å². The molecule has 0 saturated carbocycles. The molecule has 0 atom stereocenters. The summed E-state index contributed by atoms with van der Waals surface area (Å²) >= 11 is 1.32. The summed E-state index contributed by atoms with van der Waals surface area (Å²) in [5.74, 6) is 1.28. The average molecular weight is 434 g/mol. The number of ether oxygens (including phenoxy) is 1. The highest BCUT2D eigenvalue weighted by Crippen LogP contribution is 2.40. The van der Waals surface area contributed by atoms with Crippen molar-refractivity contribution < 1.29 is 18.7 Å². The maximum atomic E-state index is 13.4. The van der Waals surface area contributed by atoms with Crippen LogP contribution in [0.25, 0.3) is 5.57 Å². The SMILES string of the molecule is Cc1ccc(N2C(=O)C(SCc3ccco3)=C(c3ccc(OC(C)C)cc3)C2=O)cc1. The van der Waals surface area contributed by atoms with Crippen molar-refractivity contribution in [3.05, 3.63) is 88.7 Å². The topological polar surface area (TPSA) is 59.8 Å². The van der Waals surface area contributed by atoms with Crippen molar-refractivity contribution in [3.8, 4) is 5.75 Å². The molecule has 5 nitrogen and oxygen atoms in total. The number of furan rings is 1. The molecule has 0 radical (unpaired) electrons. The number of amides is 2. The lowest BCUT2D eigenvalue weighted by molar-refractivity contribution is -0.119. The zero-order chi connectivity index (χ0) is 22.0. The van der Waals surface area contributed by atoms with Crippen LogP contribution in [0, 0.1) is 6.92 Å². The smallest absolute Gasteiger partial charge is 0.272 e. The van der Waals surface area contributed by atoms with Gasteiger partial charge in [0.05, 0.1) is 34.3 Å². The molecule has 0 N–H and O–H groups in total. The van der Waals surface area contributed by atoms with Gasteiger partial charge in [-0.1, -0.05) is 29.8 Å². The number of carbonyl (C=O) groups excluding carboxylic acids is 2. The fraction of sp³-hybridized carbons (Fsp3) is 0.200. The maximum absolute atomic E-state index is 13.4. The highest BCUT2D eigenvalue weighted by molar-refractivity contribution is 8.03. The molecule has 6 heteroatoms. The standard InChI is InChI=1S/C25H23NO4S/c1-16(2)30-20-12-8-18(9-13-20)22-23(31-15-21-5-4-14-29-21)25(28)26(24(22)27)19-10-6-17(3)7-11-19/h4-14,16H,15H2,1-3H3. The Bertz CT molecular complexity index is 1110. The number of nitrogens with zero attached hydrogens (tertiary/aromatic N) is 1. The predicted molar refractivity (Wildman–Crippen MR) is 123 cm³/mol. The Morgan fingerprint density at radius 3 is 2.29 bits per heavy atom. The van der Waals surface area contributed by atoms with E-state index >= 15 is 0 Å².